The molecule has 3 aromatic carbocycles. The van der Waals surface area contributed by atoms with Gasteiger partial charge in [0.05, 0.1) is 27.8 Å². The van der Waals surface area contributed by atoms with E-state index in [-0.39, 0.29) is 17.5 Å². The number of carboxylic acid groups (broad SMARTS) is 1. The number of hydrogen-bond acceptors (Lipinski definition) is 5. The van der Waals surface area contributed by atoms with Crippen LogP contribution in [0, 0.1) is 18.3 Å². The molecule has 0 saturated carbocycles. The maximum Gasteiger partial charge on any atom is 0.335 e. The van der Waals surface area contributed by atoms with Crippen molar-refractivity contribution in [1.29, 1.82) is 5.26 Å². The van der Waals surface area contributed by atoms with E-state index in [0.29, 0.717) is 35.3 Å². The van der Waals surface area contributed by atoms with Gasteiger partial charge in [0.25, 0.3) is 5.91 Å². The lowest BCUT2D eigenvalue weighted by molar-refractivity contribution is 0.0696. The van der Waals surface area contributed by atoms with Crippen LogP contribution in [0.5, 0.6) is 0 Å². The monoisotopic (exact) mass is 558 g/mol. The standard InChI is InChI=1S/C32H35ClN4O3/c1-22-5-3-8-29(33)30(22)31(38)35-16-13-23(2)36-17-14-28(15-18-36)37(21-25-7-4-6-24(19-25)20-34)27-11-9-26(10-12-27)32(39)40/h3-12,19,23,28H,13-18,21H2,1-2H3,(H,35,38)(H,39,40). The van der Waals surface area contributed by atoms with Crippen molar-refractivity contribution in [2.24, 2.45) is 0 Å². The van der Waals surface area contributed by atoms with Crippen LogP contribution in [0.4, 0.5) is 5.69 Å². The molecule has 208 valence electrons. The van der Waals surface area contributed by atoms with Gasteiger partial charge >= 0.3 is 5.97 Å². The third kappa shape index (κ3) is 7.20. The fourth-order valence-electron chi connectivity index (χ4n) is 5.39. The zero-order valence-electron chi connectivity index (χ0n) is 22.9. The molecule has 1 unspecified atom stereocenters. The van der Waals surface area contributed by atoms with Gasteiger partial charge in [-0.3, -0.25) is 4.79 Å². The van der Waals surface area contributed by atoms with Gasteiger partial charge in [0.2, 0.25) is 0 Å². The quantitative estimate of drug-likeness (QED) is 0.322. The summed E-state index contributed by atoms with van der Waals surface area (Å²) in [5, 5.41) is 22.2. The van der Waals surface area contributed by atoms with E-state index in [4.69, 9.17) is 11.6 Å². The molecule has 1 atom stereocenters. The maximum absolute atomic E-state index is 12.7. The van der Waals surface area contributed by atoms with Crippen LogP contribution in [0.25, 0.3) is 0 Å². The van der Waals surface area contributed by atoms with Crippen molar-refractivity contribution in [3.8, 4) is 6.07 Å². The first-order valence-corrected chi connectivity index (χ1v) is 14.0. The fraction of sp³-hybridized carbons (Fsp3) is 0.344. The highest BCUT2D eigenvalue weighted by atomic mass is 35.5. The van der Waals surface area contributed by atoms with Gasteiger partial charge in [-0.15, -0.1) is 0 Å². The van der Waals surface area contributed by atoms with Gasteiger partial charge in [0.1, 0.15) is 0 Å². The molecule has 1 aliphatic rings. The number of hydrogen-bond donors (Lipinski definition) is 2. The second-order valence-electron chi connectivity index (χ2n) is 10.4. The second kappa shape index (κ2) is 13.5. The van der Waals surface area contributed by atoms with Crippen LogP contribution in [0.1, 0.15) is 63.6 Å². The van der Waals surface area contributed by atoms with Crippen molar-refractivity contribution < 1.29 is 14.7 Å². The number of benzene rings is 3. The number of nitrogens with zero attached hydrogens (tertiary/aromatic N) is 3. The highest BCUT2D eigenvalue weighted by Gasteiger charge is 2.27. The summed E-state index contributed by atoms with van der Waals surface area (Å²) in [5.74, 6) is -1.08. The Morgan fingerprint density at radius 1 is 1.12 bits per heavy atom. The van der Waals surface area contributed by atoms with E-state index in [1.165, 1.54) is 0 Å². The number of carbonyl (C=O) groups excluding carboxylic acids is 1. The van der Waals surface area contributed by atoms with Crippen molar-refractivity contribution >= 4 is 29.2 Å². The van der Waals surface area contributed by atoms with Crippen molar-refractivity contribution in [3.63, 3.8) is 0 Å². The topological polar surface area (TPSA) is 96.7 Å². The Morgan fingerprint density at radius 2 is 1.82 bits per heavy atom. The number of nitrogens with one attached hydrogen (secondary N) is 1. The summed E-state index contributed by atoms with van der Waals surface area (Å²) < 4.78 is 0. The van der Waals surface area contributed by atoms with Gasteiger partial charge in [-0.25, -0.2) is 4.79 Å². The van der Waals surface area contributed by atoms with E-state index < -0.39 is 5.97 Å². The molecular formula is C32H35ClN4O3. The van der Waals surface area contributed by atoms with Crippen molar-refractivity contribution in [1.82, 2.24) is 10.2 Å². The number of anilines is 1. The van der Waals surface area contributed by atoms with E-state index >= 15 is 0 Å². The molecule has 0 aliphatic carbocycles. The van der Waals surface area contributed by atoms with Gasteiger partial charge < -0.3 is 20.2 Å². The summed E-state index contributed by atoms with van der Waals surface area (Å²) >= 11 is 6.25. The molecule has 40 heavy (non-hydrogen) atoms. The number of halogens is 1. The van der Waals surface area contributed by atoms with E-state index in [1.807, 2.05) is 49.4 Å². The van der Waals surface area contributed by atoms with E-state index in [0.717, 1.165) is 49.2 Å². The van der Waals surface area contributed by atoms with Crippen LogP contribution < -0.4 is 10.2 Å². The molecule has 2 N–H and O–H groups in total. The zero-order chi connectivity index (χ0) is 28.6. The van der Waals surface area contributed by atoms with Crippen LogP contribution in [0.2, 0.25) is 5.02 Å². The Labute approximate surface area is 241 Å². The molecule has 0 spiro atoms. The average molecular weight is 559 g/mol. The van der Waals surface area contributed by atoms with Crippen LogP contribution >= 0.6 is 11.6 Å². The minimum Gasteiger partial charge on any atom is -0.478 e. The lowest BCUT2D eigenvalue weighted by Crippen LogP contribution is -2.48. The Hall–Kier alpha value is -3.86. The van der Waals surface area contributed by atoms with Gasteiger partial charge in [-0.2, -0.15) is 5.26 Å². The number of nitriles is 1. The molecule has 1 fully saturated rings. The Kier molecular flexibility index (Phi) is 9.81. The summed E-state index contributed by atoms with van der Waals surface area (Å²) in [6, 6.07) is 22.9. The van der Waals surface area contributed by atoms with Crippen molar-refractivity contribution in [2.75, 3.05) is 24.5 Å². The smallest absolute Gasteiger partial charge is 0.335 e. The summed E-state index contributed by atoms with van der Waals surface area (Å²) in [5.41, 5.74) is 4.30. The zero-order valence-corrected chi connectivity index (χ0v) is 23.7. The number of aryl methyl sites for hydroxylation is 1. The molecule has 1 amide bonds. The number of piperidine rings is 1. The minimum absolute atomic E-state index is 0.140. The highest BCUT2D eigenvalue weighted by molar-refractivity contribution is 6.34. The molecule has 1 heterocycles. The molecule has 0 bridgehead atoms. The van der Waals surface area contributed by atoms with Gasteiger partial charge in [0, 0.05) is 44.0 Å². The summed E-state index contributed by atoms with van der Waals surface area (Å²) in [4.78, 5) is 28.9. The minimum atomic E-state index is -0.944. The third-order valence-electron chi connectivity index (χ3n) is 7.71. The van der Waals surface area contributed by atoms with Crippen LogP contribution in [-0.2, 0) is 6.54 Å². The van der Waals surface area contributed by atoms with E-state index in [2.05, 4.69) is 28.1 Å². The summed E-state index contributed by atoms with van der Waals surface area (Å²) in [6.45, 7) is 7.13. The predicted octanol–water partition coefficient (Wildman–Crippen LogP) is 5.90. The Bertz CT molecular complexity index is 1360. The number of carbonyl (C=O) groups is 2. The molecule has 1 aliphatic heterocycles. The van der Waals surface area contributed by atoms with Gasteiger partial charge in [-0.1, -0.05) is 35.9 Å². The first-order valence-electron chi connectivity index (χ1n) is 13.6. The number of carboxylic acids is 1. The van der Waals surface area contributed by atoms with Gasteiger partial charge in [0.15, 0.2) is 0 Å². The normalized spacial score (nSPS) is 14.8. The number of rotatable bonds is 10. The fourth-order valence-corrected chi connectivity index (χ4v) is 5.69. The van der Waals surface area contributed by atoms with Crippen LogP contribution in [-0.4, -0.2) is 53.6 Å². The van der Waals surface area contributed by atoms with E-state index in [1.54, 1.807) is 24.3 Å². The summed E-state index contributed by atoms with van der Waals surface area (Å²) in [6.07, 6.45) is 2.74. The average Bonchev–Trinajstić information content (AvgIpc) is 2.96. The summed E-state index contributed by atoms with van der Waals surface area (Å²) in [7, 11) is 0. The molecule has 8 heteroatoms. The van der Waals surface area contributed by atoms with Crippen LogP contribution in [0.15, 0.2) is 66.7 Å². The molecule has 0 radical (unpaired) electrons. The Balaban J connectivity index is 1.37. The number of aromatic carboxylic acids is 1. The van der Waals surface area contributed by atoms with Crippen molar-refractivity contribution in [3.05, 3.63) is 99.6 Å². The maximum atomic E-state index is 12.7. The second-order valence-corrected chi connectivity index (χ2v) is 10.8. The lowest BCUT2D eigenvalue weighted by Gasteiger charge is -2.42. The van der Waals surface area contributed by atoms with E-state index in [9.17, 15) is 20.0 Å². The van der Waals surface area contributed by atoms with Crippen LogP contribution in [0.3, 0.4) is 0 Å². The molecule has 3 aromatic rings. The first-order chi connectivity index (χ1) is 19.3. The third-order valence-corrected chi connectivity index (χ3v) is 8.03. The highest BCUT2D eigenvalue weighted by Crippen LogP contribution is 2.28. The number of amides is 1. The molecule has 0 aromatic heterocycles. The SMILES string of the molecule is Cc1cccc(Cl)c1C(=O)NCCC(C)N1CCC(N(Cc2cccc(C#N)c2)c2ccc(C(=O)O)cc2)CC1. The first kappa shape index (κ1) is 29.1. The molecule has 4 rings (SSSR count). The molecular weight excluding hydrogens is 524 g/mol. The largest absolute Gasteiger partial charge is 0.478 e. The number of likely N-dealkylation sites (tertiary alicyclic amines) is 1. The molecule has 7 nitrogen and oxygen atoms in total. The van der Waals surface area contributed by atoms with Gasteiger partial charge in [-0.05, 0) is 86.7 Å². The molecule has 1 saturated heterocycles. The lowest BCUT2D eigenvalue weighted by atomic mass is 9.98. The van der Waals surface area contributed by atoms with Crippen molar-refractivity contribution in [2.45, 2.75) is 51.7 Å². The predicted molar refractivity (Wildman–Crippen MR) is 158 cm³/mol. The Morgan fingerprint density at radius 3 is 2.48 bits per heavy atom.